The van der Waals surface area contributed by atoms with E-state index in [9.17, 15) is 9.59 Å². The number of Topliss-reactive ketones (excluding diaryl/α,β-unsaturated/α-hetero) is 1. The first-order valence-corrected chi connectivity index (χ1v) is 10.4. The Balaban J connectivity index is 1.77. The van der Waals surface area contributed by atoms with E-state index in [-0.39, 0.29) is 18.3 Å². The van der Waals surface area contributed by atoms with Gasteiger partial charge in [-0.2, -0.15) is 0 Å². The zero-order valence-electron chi connectivity index (χ0n) is 16.9. The first kappa shape index (κ1) is 20.4. The SMILES string of the molecule is CCOC(=O)C1=C(C)NC2=C(C(=O)C[C@H](c3ccc(Cl)cc3)C2)[C@H]1c1ccccn1. The van der Waals surface area contributed by atoms with Gasteiger partial charge in [0.05, 0.1) is 23.8 Å². The number of rotatable bonds is 4. The fourth-order valence-electron chi connectivity index (χ4n) is 4.33. The van der Waals surface area contributed by atoms with Crippen molar-refractivity contribution in [1.29, 1.82) is 0 Å². The van der Waals surface area contributed by atoms with Crippen LogP contribution >= 0.6 is 11.6 Å². The van der Waals surface area contributed by atoms with E-state index < -0.39 is 11.9 Å². The second-order valence-corrected chi connectivity index (χ2v) is 7.98. The molecule has 2 atom stereocenters. The number of hydrogen-bond donors (Lipinski definition) is 1. The number of benzene rings is 1. The minimum Gasteiger partial charge on any atom is -0.463 e. The van der Waals surface area contributed by atoms with Crippen LogP contribution in [0.3, 0.4) is 0 Å². The highest BCUT2D eigenvalue weighted by atomic mass is 35.5. The van der Waals surface area contributed by atoms with Crippen molar-refractivity contribution in [3.05, 3.63) is 87.5 Å². The van der Waals surface area contributed by atoms with Crippen molar-refractivity contribution in [2.75, 3.05) is 6.61 Å². The number of ether oxygens (including phenoxy) is 1. The molecule has 1 aliphatic heterocycles. The molecule has 0 bridgehead atoms. The van der Waals surface area contributed by atoms with Crippen LogP contribution in [-0.4, -0.2) is 23.3 Å². The van der Waals surface area contributed by atoms with E-state index in [1.165, 1.54) is 0 Å². The highest BCUT2D eigenvalue weighted by Crippen LogP contribution is 2.45. The van der Waals surface area contributed by atoms with Crippen LogP contribution in [0.25, 0.3) is 0 Å². The third-order valence-corrected chi connectivity index (χ3v) is 5.90. The number of allylic oxidation sites excluding steroid dienone is 3. The van der Waals surface area contributed by atoms with Gasteiger partial charge < -0.3 is 10.1 Å². The third-order valence-electron chi connectivity index (χ3n) is 5.65. The van der Waals surface area contributed by atoms with Crippen molar-refractivity contribution in [3.8, 4) is 0 Å². The zero-order chi connectivity index (χ0) is 21.3. The number of carbonyl (C=O) groups is 2. The molecule has 0 saturated carbocycles. The standard InChI is InChI=1S/C24H23ClN2O3/c1-3-30-24(29)21-14(2)27-19-12-16(15-7-9-17(25)10-8-15)13-20(28)22(19)23(21)18-6-4-5-11-26-18/h4-11,16,23,27H,3,12-13H2,1-2H3/t16-,23+/m1/s1. The topological polar surface area (TPSA) is 68.3 Å². The van der Waals surface area contributed by atoms with E-state index in [1.807, 2.05) is 49.4 Å². The summed E-state index contributed by atoms with van der Waals surface area (Å²) in [6, 6.07) is 13.2. The van der Waals surface area contributed by atoms with E-state index in [1.54, 1.807) is 13.1 Å². The summed E-state index contributed by atoms with van der Waals surface area (Å²) in [6.45, 7) is 3.89. The smallest absolute Gasteiger partial charge is 0.336 e. The molecule has 1 aromatic heterocycles. The maximum atomic E-state index is 13.4. The van der Waals surface area contributed by atoms with E-state index >= 15 is 0 Å². The molecule has 2 heterocycles. The normalized spacial score (nSPS) is 21.2. The summed E-state index contributed by atoms with van der Waals surface area (Å²) < 4.78 is 5.31. The molecule has 1 N–H and O–H groups in total. The lowest BCUT2D eigenvalue weighted by atomic mass is 9.73. The Morgan fingerprint density at radius 1 is 1.20 bits per heavy atom. The van der Waals surface area contributed by atoms with Crippen molar-refractivity contribution < 1.29 is 14.3 Å². The molecule has 154 valence electrons. The lowest BCUT2D eigenvalue weighted by Gasteiger charge is -2.36. The van der Waals surface area contributed by atoms with Crippen LogP contribution < -0.4 is 5.32 Å². The second-order valence-electron chi connectivity index (χ2n) is 7.54. The molecule has 1 aliphatic carbocycles. The summed E-state index contributed by atoms with van der Waals surface area (Å²) in [6.07, 6.45) is 2.74. The van der Waals surface area contributed by atoms with Gasteiger partial charge in [-0.15, -0.1) is 0 Å². The number of esters is 1. The highest BCUT2D eigenvalue weighted by Gasteiger charge is 2.41. The minimum atomic E-state index is -0.528. The van der Waals surface area contributed by atoms with Crippen LogP contribution in [-0.2, 0) is 14.3 Å². The van der Waals surface area contributed by atoms with Gasteiger partial charge in [0.2, 0.25) is 0 Å². The summed E-state index contributed by atoms with van der Waals surface area (Å²) in [5.74, 6) is -0.867. The van der Waals surface area contributed by atoms with Gasteiger partial charge in [-0.05, 0) is 56.0 Å². The number of halogens is 1. The summed E-state index contributed by atoms with van der Waals surface area (Å²) >= 11 is 6.02. The molecule has 30 heavy (non-hydrogen) atoms. The molecule has 5 nitrogen and oxygen atoms in total. The Hall–Kier alpha value is -2.92. The largest absolute Gasteiger partial charge is 0.463 e. The van der Waals surface area contributed by atoms with Crippen LogP contribution in [0.5, 0.6) is 0 Å². The van der Waals surface area contributed by atoms with Crippen LogP contribution in [0.1, 0.15) is 49.8 Å². The van der Waals surface area contributed by atoms with Crippen LogP contribution in [0, 0.1) is 0 Å². The number of pyridine rings is 1. The van der Waals surface area contributed by atoms with E-state index in [4.69, 9.17) is 16.3 Å². The van der Waals surface area contributed by atoms with Gasteiger partial charge in [-0.3, -0.25) is 9.78 Å². The van der Waals surface area contributed by atoms with Gasteiger partial charge in [0.25, 0.3) is 0 Å². The van der Waals surface area contributed by atoms with Crippen molar-refractivity contribution in [2.45, 2.75) is 38.5 Å². The Labute approximate surface area is 180 Å². The Kier molecular flexibility index (Phi) is 5.73. The predicted octanol–water partition coefficient (Wildman–Crippen LogP) is 4.66. The first-order chi connectivity index (χ1) is 14.5. The summed E-state index contributed by atoms with van der Waals surface area (Å²) in [7, 11) is 0. The van der Waals surface area contributed by atoms with Crippen LogP contribution in [0.4, 0.5) is 0 Å². The lowest BCUT2D eigenvalue weighted by Crippen LogP contribution is -2.36. The van der Waals surface area contributed by atoms with Crippen molar-refractivity contribution in [3.63, 3.8) is 0 Å². The first-order valence-electron chi connectivity index (χ1n) is 10.1. The number of hydrogen-bond acceptors (Lipinski definition) is 5. The zero-order valence-corrected chi connectivity index (χ0v) is 17.7. The maximum absolute atomic E-state index is 13.4. The fourth-order valence-corrected chi connectivity index (χ4v) is 4.46. The number of nitrogens with zero attached hydrogens (tertiary/aromatic N) is 1. The van der Waals surface area contributed by atoms with Gasteiger partial charge in [-0.1, -0.05) is 29.8 Å². The molecule has 0 saturated heterocycles. The monoisotopic (exact) mass is 422 g/mol. The number of aromatic nitrogens is 1. The maximum Gasteiger partial charge on any atom is 0.336 e. The quantitative estimate of drug-likeness (QED) is 0.726. The number of nitrogens with one attached hydrogen (secondary N) is 1. The molecule has 0 fully saturated rings. The van der Waals surface area contributed by atoms with Gasteiger partial charge in [0, 0.05) is 34.6 Å². The predicted molar refractivity (Wildman–Crippen MR) is 115 cm³/mol. The molecule has 1 aromatic carbocycles. The molecule has 2 aromatic rings. The third kappa shape index (κ3) is 3.77. The minimum absolute atomic E-state index is 0.0219. The van der Waals surface area contributed by atoms with Crippen molar-refractivity contribution in [1.82, 2.24) is 10.3 Å². The average molecular weight is 423 g/mol. The number of carbonyl (C=O) groups excluding carboxylic acids is 2. The molecule has 6 heteroatoms. The molecule has 0 spiro atoms. The number of ketones is 1. The Morgan fingerprint density at radius 3 is 2.63 bits per heavy atom. The fraction of sp³-hybridized carbons (Fsp3) is 0.292. The molecule has 0 radical (unpaired) electrons. The van der Waals surface area contributed by atoms with Crippen LogP contribution in [0.2, 0.25) is 5.02 Å². The van der Waals surface area contributed by atoms with E-state index in [2.05, 4.69) is 10.3 Å². The molecule has 0 amide bonds. The van der Waals surface area contributed by atoms with Gasteiger partial charge in [0.15, 0.2) is 5.78 Å². The van der Waals surface area contributed by atoms with Crippen molar-refractivity contribution in [2.24, 2.45) is 0 Å². The molecule has 4 rings (SSSR count). The Morgan fingerprint density at radius 2 is 1.97 bits per heavy atom. The molecule has 0 unspecified atom stereocenters. The Bertz CT molecular complexity index is 1040. The summed E-state index contributed by atoms with van der Waals surface area (Å²) in [5.41, 5.74) is 4.38. The van der Waals surface area contributed by atoms with Gasteiger partial charge >= 0.3 is 5.97 Å². The molecular weight excluding hydrogens is 400 g/mol. The van der Waals surface area contributed by atoms with E-state index in [0.717, 1.165) is 11.3 Å². The molecular formula is C24H23ClN2O3. The second kappa shape index (κ2) is 8.44. The van der Waals surface area contributed by atoms with Crippen LogP contribution in [0.15, 0.2) is 71.2 Å². The summed E-state index contributed by atoms with van der Waals surface area (Å²) in [4.78, 5) is 30.6. The van der Waals surface area contributed by atoms with Crippen molar-refractivity contribution >= 4 is 23.4 Å². The average Bonchev–Trinajstić information content (AvgIpc) is 2.74. The van der Waals surface area contributed by atoms with Gasteiger partial charge in [0.1, 0.15) is 0 Å². The molecule has 2 aliphatic rings. The summed E-state index contributed by atoms with van der Waals surface area (Å²) in [5, 5.41) is 4.00. The highest BCUT2D eigenvalue weighted by molar-refractivity contribution is 6.30. The lowest BCUT2D eigenvalue weighted by molar-refractivity contribution is -0.138. The van der Waals surface area contributed by atoms with E-state index in [0.29, 0.717) is 40.4 Å². The number of dihydropyridines is 1. The van der Waals surface area contributed by atoms with Gasteiger partial charge in [-0.25, -0.2) is 4.79 Å².